The molecule has 0 radical (unpaired) electrons. The van der Waals surface area contributed by atoms with Gasteiger partial charge in [-0.15, -0.1) is 13.2 Å². The number of aromatic nitrogens is 1. The predicted molar refractivity (Wildman–Crippen MR) is 110 cm³/mol. The van der Waals surface area contributed by atoms with Crippen molar-refractivity contribution in [1.82, 2.24) is 9.88 Å². The number of nitrogens with zero attached hydrogens (tertiary/aromatic N) is 2. The maximum atomic E-state index is 12.4. The van der Waals surface area contributed by atoms with Crippen LogP contribution in [0.1, 0.15) is 28.4 Å². The van der Waals surface area contributed by atoms with E-state index in [0.717, 1.165) is 39.9 Å². The molecule has 5 nitrogen and oxygen atoms in total. The Hall–Kier alpha value is -3.39. The van der Waals surface area contributed by atoms with Crippen LogP contribution in [0.5, 0.6) is 5.75 Å². The molecule has 8 heteroatoms. The van der Waals surface area contributed by atoms with E-state index >= 15 is 0 Å². The summed E-state index contributed by atoms with van der Waals surface area (Å²) in [4.78, 5) is 18.5. The number of rotatable bonds is 5. The molecule has 0 spiro atoms. The first-order valence-corrected chi connectivity index (χ1v) is 9.64. The molecule has 0 aliphatic carbocycles. The lowest BCUT2D eigenvalue weighted by atomic mass is 10.0. The number of hydrogen-bond acceptors (Lipinski definition) is 5. The molecule has 1 aliphatic rings. The molecule has 31 heavy (non-hydrogen) atoms. The van der Waals surface area contributed by atoms with Crippen molar-refractivity contribution in [3.63, 3.8) is 0 Å². The minimum atomic E-state index is -4.73. The molecule has 3 aromatic rings. The standard InChI is InChI=1S/C23H20F3N3O2/c1-14-22-17(10-20(28-14)16-3-2-4-18(27)9-16)12-29(21(22)13-30)11-15-5-7-19(8-6-15)31-23(24,25)26/h2-10,13,21H,11-12,27H2,1H3. The van der Waals surface area contributed by atoms with Crippen LogP contribution in [0, 0.1) is 6.92 Å². The van der Waals surface area contributed by atoms with Gasteiger partial charge in [-0.2, -0.15) is 0 Å². The number of halogens is 3. The smallest absolute Gasteiger partial charge is 0.406 e. The van der Waals surface area contributed by atoms with Crippen molar-refractivity contribution in [1.29, 1.82) is 0 Å². The van der Waals surface area contributed by atoms with Crippen molar-refractivity contribution in [2.24, 2.45) is 0 Å². The molecule has 0 bridgehead atoms. The number of anilines is 1. The van der Waals surface area contributed by atoms with Crippen LogP contribution in [-0.2, 0) is 17.9 Å². The average molecular weight is 427 g/mol. The van der Waals surface area contributed by atoms with E-state index in [1.807, 2.05) is 36.1 Å². The second-order valence-electron chi connectivity index (χ2n) is 7.47. The minimum Gasteiger partial charge on any atom is -0.406 e. The lowest BCUT2D eigenvalue weighted by molar-refractivity contribution is -0.274. The van der Waals surface area contributed by atoms with Gasteiger partial charge in [-0.3, -0.25) is 9.88 Å². The summed E-state index contributed by atoms with van der Waals surface area (Å²) in [5.41, 5.74) is 11.6. The van der Waals surface area contributed by atoms with Crippen LogP contribution in [0.25, 0.3) is 11.3 Å². The van der Waals surface area contributed by atoms with E-state index in [4.69, 9.17) is 5.73 Å². The number of pyridine rings is 1. The van der Waals surface area contributed by atoms with Crippen LogP contribution in [0.3, 0.4) is 0 Å². The van der Waals surface area contributed by atoms with Gasteiger partial charge in [0.1, 0.15) is 12.0 Å². The summed E-state index contributed by atoms with van der Waals surface area (Å²) in [6, 6.07) is 14.6. The molecule has 0 saturated carbocycles. The zero-order valence-electron chi connectivity index (χ0n) is 16.7. The van der Waals surface area contributed by atoms with Crippen molar-refractivity contribution in [2.75, 3.05) is 5.73 Å². The summed E-state index contributed by atoms with van der Waals surface area (Å²) < 4.78 is 41.0. The summed E-state index contributed by atoms with van der Waals surface area (Å²) >= 11 is 0. The molecule has 1 aliphatic heterocycles. The molecule has 0 amide bonds. The highest BCUT2D eigenvalue weighted by molar-refractivity contribution is 5.70. The van der Waals surface area contributed by atoms with Gasteiger partial charge >= 0.3 is 6.36 Å². The van der Waals surface area contributed by atoms with Gasteiger partial charge in [0.25, 0.3) is 0 Å². The molecule has 0 saturated heterocycles. The number of fused-ring (bicyclic) bond motifs is 1. The SMILES string of the molecule is Cc1nc(-c2cccc(N)c2)cc2c1C(C=O)N(Cc1ccc(OC(F)(F)F)cc1)C2. The largest absolute Gasteiger partial charge is 0.573 e. The molecule has 4 rings (SSSR count). The van der Waals surface area contributed by atoms with E-state index < -0.39 is 12.4 Å². The summed E-state index contributed by atoms with van der Waals surface area (Å²) in [6.07, 6.45) is -3.85. The number of aryl methyl sites for hydroxylation is 1. The highest BCUT2D eigenvalue weighted by atomic mass is 19.4. The summed E-state index contributed by atoms with van der Waals surface area (Å²) in [5, 5.41) is 0. The lowest BCUT2D eigenvalue weighted by Gasteiger charge is -2.21. The highest BCUT2D eigenvalue weighted by Gasteiger charge is 2.33. The fourth-order valence-corrected chi connectivity index (χ4v) is 3.97. The quantitative estimate of drug-likeness (QED) is 0.468. The van der Waals surface area contributed by atoms with Gasteiger partial charge in [-0.05, 0) is 48.4 Å². The number of nitrogens with two attached hydrogens (primary N) is 1. The Labute approximate surface area is 177 Å². The molecule has 1 aromatic heterocycles. The first-order valence-electron chi connectivity index (χ1n) is 9.64. The van der Waals surface area contributed by atoms with E-state index in [0.29, 0.717) is 18.8 Å². The number of benzene rings is 2. The molecule has 2 N–H and O–H groups in total. The first kappa shape index (κ1) is 20.9. The third-order valence-corrected chi connectivity index (χ3v) is 5.25. The number of nitrogen functional groups attached to an aromatic ring is 1. The van der Waals surface area contributed by atoms with Crippen LogP contribution >= 0.6 is 0 Å². The Morgan fingerprint density at radius 1 is 1.19 bits per heavy atom. The normalized spacial score (nSPS) is 16.2. The van der Waals surface area contributed by atoms with Gasteiger partial charge in [-0.25, -0.2) is 0 Å². The van der Waals surface area contributed by atoms with E-state index in [1.165, 1.54) is 12.1 Å². The Kier molecular flexibility index (Phi) is 5.41. The molecular weight excluding hydrogens is 407 g/mol. The number of ether oxygens (including phenoxy) is 1. The zero-order chi connectivity index (χ0) is 22.2. The van der Waals surface area contributed by atoms with Crippen molar-refractivity contribution in [3.05, 3.63) is 77.0 Å². The third-order valence-electron chi connectivity index (χ3n) is 5.25. The Morgan fingerprint density at radius 2 is 1.94 bits per heavy atom. The topological polar surface area (TPSA) is 68.5 Å². The van der Waals surface area contributed by atoms with E-state index in [9.17, 15) is 18.0 Å². The maximum Gasteiger partial charge on any atom is 0.573 e. The lowest BCUT2D eigenvalue weighted by Crippen LogP contribution is -2.23. The first-order chi connectivity index (χ1) is 14.7. The molecule has 2 heterocycles. The van der Waals surface area contributed by atoms with Crippen LogP contribution in [0.15, 0.2) is 54.6 Å². The summed E-state index contributed by atoms with van der Waals surface area (Å²) in [6.45, 7) is 2.80. The second-order valence-corrected chi connectivity index (χ2v) is 7.47. The molecule has 1 atom stereocenters. The molecule has 2 aromatic carbocycles. The van der Waals surface area contributed by atoms with E-state index in [-0.39, 0.29) is 5.75 Å². The van der Waals surface area contributed by atoms with Gasteiger partial charge in [-0.1, -0.05) is 24.3 Å². The number of hydrogen-bond donors (Lipinski definition) is 1. The van der Waals surface area contributed by atoms with Crippen molar-refractivity contribution >= 4 is 12.0 Å². The Balaban J connectivity index is 1.57. The van der Waals surface area contributed by atoms with Crippen molar-refractivity contribution in [3.8, 4) is 17.0 Å². The number of carbonyl (C=O) groups excluding carboxylic acids is 1. The number of aldehydes is 1. The number of carbonyl (C=O) groups is 1. The van der Waals surface area contributed by atoms with Gasteiger partial charge in [0, 0.05) is 35.6 Å². The van der Waals surface area contributed by atoms with E-state index in [2.05, 4.69) is 9.72 Å². The fraction of sp³-hybridized carbons (Fsp3) is 0.217. The highest BCUT2D eigenvalue weighted by Crippen LogP contribution is 2.37. The predicted octanol–water partition coefficient (Wildman–Crippen LogP) is 4.79. The van der Waals surface area contributed by atoms with Gasteiger partial charge in [0.2, 0.25) is 0 Å². The summed E-state index contributed by atoms with van der Waals surface area (Å²) in [5.74, 6) is -0.278. The second kappa shape index (κ2) is 8.03. The molecule has 160 valence electrons. The molecule has 1 unspecified atom stereocenters. The average Bonchev–Trinajstić information content (AvgIpc) is 3.06. The molecule has 0 fully saturated rings. The Bertz CT molecular complexity index is 1110. The van der Waals surface area contributed by atoms with Crippen LogP contribution < -0.4 is 10.5 Å². The maximum absolute atomic E-state index is 12.4. The Morgan fingerprint density at radius 3 is 2.58 bits per heavy atom. The molecular formula is C23H20F3N3O2. The van der Waals surface area contributed by atoms with Crippen LogP contribution in [0.2, 0.25) is 0 Å². The van der Waals surface area contributed by atoms with Gasteiger partial charge in [0.15, 0.2) is 0 Å². The van der Waals surface area contributed by atoms with Crippen LogP contribution in [-0.4, -0.2) is 22.5 Å². The monoisotopic (exact) mass is 427 g/mol. The van der Waals surface area contributed by atoms with Gasteiger partial charge in [0.05, 0.1) is 11.7 Å². The minimum absolute atomic E-state index is 0.278. The zero-order valence-corrected chi connectivity index (χ0v) is 16.7. The fourth-order valence-electron chi connectivity index (χ4n) is 3.97. The van der Waals surface area contributed by atoms with Crippen molar-refractivity contribution < 1.29 is 22.7 Å². The third kappa shape index (κ3) is 4.54. The van der Waals surface area contributed by atoms with E-state index in [1.54, 1.807) is 18.2 Å². The van der Waals surface area contributed by atoms with Gasteiger partial charge < -0.3 is 15.3 Å². The summed E-state index contributed by atoms with van der Waals surface area (Å²) in [7, 11) is 0. The number of alkyl halides is 3. The van der Waals surface area contributed by atoms with Crippen LogP contribution in [0.4, 0.5) is 18.9 Å². The van der Waals surface area contributed by atoms with Crippen molar-refractivity contribution in [2.45, 2.75) is 32.4 Å².